The maximum absolute atomic E-state index is 14.6. The standard InChI is InChI=1S/C20H25F2NO6S/c1-18(2,3)30(27)23-20(11-21,12-8-6-7-9-13(12)22)10-14(24)15-16(25)28-19(4,5)29-17(15)26/h6-9,15,23H,10-11H2,1-5H3/t20-,30?/m1/s1. The predicted octanol–water partition coefficient (Wildman–Crippen LogP) is 2.45. The van der Waals surface area contributed by atoms with Gasteiger partial charge in [-0.05, 0) is 26.8 Å². The van der Waals surface area contributed by atoms with Crippen molar-refractivity contribution in [3.63, 3.8) is 0 Å². The molecule has 2 rings (SSSR count). The van der Waals surface area contributed by atoms with Crippen LogP contribution in [0.2, 0.25) is 0 Å². The van der Waals surface area contributed by atoms with E-state index in [1.807, 2.05) is 0 Å². The van der Waals surface area contributed by atoms with E-state index in [0.29, 0.717) is 0 Å². The molecule has 1 aliphatic heterocycles. The molecule has 1 aromatic rings. The molecule has 2 atom stereocenters. The number of esters is 2. The van der Waals surface area contributed by atoms with Gasteiger partial charge in [-0.1, -0.05) is 18.2 Å². The number of carbonyl (C=O) groups excluding carboxylic acids is 3. The zero-order valence-electron chi connectivity index (χ0n) is 17.4. The minimum atomic E-state index is -2.08. The van der Waals surface area contributed by atoms with Crippen LogP contribution in [-0.4, -0.2) is 39.5 Å². The van der Waals surface area contributed by atoms with Gasteiger partial charge in [-0.2, -0.15) is 0 Å². The lowest BCUT2D eigenvalue weighted by Gasteiger charge is -2.37. The van der Waals surface area contributed by atoms with Crippen LogP contribution in [0, 0.1) is 11.7 Å². The summed E-state index contributed by atoms with van der Waals surface area (Å²) in [6.45, 7) is 6.15. The molecule has 0 spiro atoms. The molecule has 1 fully saturated rings. The van der Waals surface area contributed by atoms with Crippen LogP contribution < -0.4 is 4.72 Å². The van der Waals surface area contributed by atoms with Crippen LogP contribution in [0.15, 0.2) is 24.3 Å². The molecule has 1 aliphatic rings. The molecule has 0 amide bonds. The zero-order chi connectivity index (χ0) is 22.9. The smallest absolute Gasteiger partial charge is 0.331 e. The van der Waals surface area contributed by atoms with Gasteiger partial charge in [0.15, 0.2) is 5.78 Å². The third-order valence-corrected chi connectivity index (χ3v) is 6.11. The maximum Gasteiger partial charge on any atom is 0.331 e. The molecule has 30 heavy (non-hydrogen) atoms. The van der Waals surface area contributed by atoms with Crippen LogP contribution in [0.4, 0.5) is 8.78 Å². The molecule has 0 radical (unpaired) electrons. The molecule has 1 N–H and O–H groups in total. The lowest BCUT2D eigenvalue weighted by atomic mass is 9.83. The number of alkyl halides is 1. The Hall–Kier alpha value is -2.04. The Morgan fingerprint density at radius 1 is 1.20 bits per heavy atom. The Labute approximate surface area is 176 Å². The summed E-state index contributed by atoms with van der Waals surface area (Å²) in [5.74, 6) is -7.64. The lowest BCUT2D eigenvalue weighted by Crippen LogP contribution is -2.56. The van der Waals surface area contributed by atoms with Crippen molar-refractivity contribution in [1.82, 2.24) is 4.72 Å². The van der Waals surface area contributed by atoms with Gasteiger partial charge in [-0.15, -0.1) is 4.72 Å². The second-order valence-corrected chi connectivity index (χ2v) is 10.5. The number of carbonyl (C=O) groups is 3. The lowest BCUT2D eigenvalue weighted by molar-refractivity contribution is -0.238. The predicted molar refractivity (Wildman–Crippen MR) is 104 cm³/mol. The fourth-order valence-corrected chi connectivity index (χ4v) is 3.79. The molecule has 1 aromatic carbocycles. The van der Waals surface area contributed by atoms with Gasteiger partial charge >= 0.3 is 11.9 Å². The van der Waals surface area contributed by atoms with Crippen molar-refractivity contribution in [3.8, 4) is 0 Å². The van der Waals surface area contributed by atoms with Crippen LogP contribution in [0.25, 0.3) is 0 Å². The van der Waals surface area contributed by atoms with Crippen LogP contribution in [0.1, 0.15) is 46.6 Å². The molecule has 1 unspecified atom stereocenters. The second-order valence-electron chi connectivity index (χ2n) is 8.50. The Bertz CT molecular complexity index is 821. The quantitative estimate of drug-likeness (QED) is 0.390. The van der Waals surface area contributed by atoms with Gasteiger partial charge in [0.25, 0.3) is 5.79 Å². The molecule has 166 valence electrons. The normalized spacial score (nSPS) is 20.1. The second kappa shape index (κ2) is 8.60. The Morgan fingerprint density at radius 2 is 1.73 bits per heavy atom. The number of nitrogens with one attached hydrogen (secondary N) is 1. The van der Waals surface area contributed by atoms with Crippen molar-refractivity contribution < 1.29 is 37.2 Å². The number of halogens is 2. The number of rotatable bonds is 7. The highest BCUT2D eigenvalue weighted by molar-refractivity contribution is 7.90. The van der Waals surface area contributed by atoms with Crippen molar-refractivity contribution in [3.05, 3.63) is 35.6 Å². The van der Waals surface area contributed by atoms with E-state index in [2.05, 4.69) is 4.72 Å². The van der Waals surface area contributed by atoms with Crippen molar-refractivity contribution in [2.24, 2.45) is 5.92 Å². The summed E-state index contributed by atoms with van der Waals surface area (Å²) in [6, 6.07) is 5.12. The first kappa shape index (κ1) is 24.2. The molecule has 0 aliphatic carbocycles. The Kier molecular flexibility index (Phi) is 6.95. The van der Waals surface area contributed by atoms with E-state index in [-0.39, 0.29) is 5.56 Å². The van der Waals surface area contributed by atoms with E-state index in [1.165, 1.54) is 32.0 Å². The van der Waals surface area contributed by atoms with Gasteiger partial charge in [0.05, 0.1) is 0 Å². The van der Waals surface area contributed by atoms with Crippen LogP contribution in [0.5, 0.6) is 0 Å². The Balaban J connectivity index is 2.45. The maximum atomic E-state index is 14.6. The highest BCUT2D eigenvalue weighted by Crippen LogP contribution is 2.34. The van der Waals surface area contributed by atoms with Crippen molar-refractivity contribution >= 4 is 29.1 Å². The van der Waals surface area contributed by atoms with Crippen LogP contribution in [0.3, 0.4) is 0 Å². The molecule has 10 heteroatoms. The first-order valence-corrected chi connectivity index (χ1v) is 10.4. The van der Waals surface area contributed by atoms with Crippen molar-refractivity contribution in [1.29, 1.82) is 0 Å². The molecule has 0 bridgehead atoms. The molecule has 0 saturated carbocycles. The number of ether oxygens (including phenoxy) is 2. The van der Waals surface area contributed by atoms with E-state index < -0.39 is 70.0 Å². The third-order valence-electron chi connectivity index (χ3n) is 4.42. The summed E-state index contributed by atoms with van der Waals surface area (Å²) in [5.41, 5.74) is -2.33. The van der Waals surface area contributed by atoms with E-state index >= 15 is 0 Å². The zero-order valence-corrected chi connectivity index (χ0v) is 18.2. The fraction of sp³-hybridized carbons (Fsp3) is 0.550. The van der Waals surface area contributed by atoms with Gasteiger partial charge in [0.1, 0.15) is 22.8 Å². The molecular weight excluding hydrogens is 420 g/mol. The van der Waals surface area contributed by atoms with Crippen molar-refractivity contribution in [2.45, 2.75) is 57.1 Å². The van der Waals surface area contributed by atoms with Crippen molar-refractivity contribution in [2.75, 3.05) is 6.67 Å². The monoisotopic (exact) mass is 445 g/mol. The summed E-state index contributed by atoms with van der Waals surface area (Å²) >= 11 is -1.91. The van der Waals surface area contributed by atoms with Gasteiger partial charge in [0, 0.05) is 37.2 Å². The number of hydrogen-bond acceptors (Lipinski definition) is 7. The van der Waals surface area contributed by atoms with Gasteiger partial charge in [0.2, 0.25) is 5.92 Å². The third kappa shape index (κ3) is 5.16. The van der Waals surface area contributed by atoms with Crippen LogP contribution in [-0.2, 0) is 40.8 Å². The van der Waals surface area contributed by atoms with E-state index in [4.69, 9.17) is 9.47 Å². The summed E-state index contributed by atoms with van der Waals surface area (Å²) in [7, 11) is 0. The largest absolute Gasteiger partial charge is 0.598 e. The summed E-state index contributed by atoms with van der Waals surface area (Å²) in [5, 5.41) is 0. The Morgan fingerprint density at radius 3 is 2.20 bits per heavy atom. The number of cyclic esters (lactones) is 2. The number of Topliss-reactive ketones (excluding diaryl/α,β-unsaturated/α-hetero) is 1. The molecule has 1 saturated heterocycles. The number of hydrogen-bond donors (Lipinski definition) is 1. The first-order chi connectivity index (χ1) is 13.7. The summed E-state index contributed by atoms with van der Waals surface area (Å²) in [6.07, 6.45) is -0.832. The molecule has 7 nitrogen and oxygen atoms in total. The molecular formula is C20H25F2NO6S. The SMILES string of the molecule is CC1(C)OC(=O)C(C(=O)C[C@](CF)(N[S+]([O-])C(C)(C)C)c2ccccc2F)C(=O)O1. The highest BCUT2D eigenvalue weighted by Gasteiger charge is 2.51. The van der Waals surface area contributed by atoms with E-state index in [0.717, 1.165) is 6.07 Å². The minimum Gasteiger partial charge on any atom is -0.598 e. The first-order valence-electron chi connectivity index (χ1n) is 9.21. The number of ketones is 1. The number of benzene rings is 1. The van der Waals surface area contributed by atoms with E-state index in [1.54, 1.807) is 20.8 Å². The highest BCUT2D eigenvalue weighted by atomic mass is 32.2. The minimum absolute atomic E-state index is 0.253. The van der Waals surface area contributed by atoms with Gasteiger partial charge < -0.3 is 14.0 Å². The molecule has 0 aromatic heterocycles. The summed E-state index contributed by atoms with van der Waals surface area (Å²) in [4.78, 5) is 37.3. The average molecular weight is 445 g/mol. The van der Waals surface area contributed by atoms with E-state index in [9.17, 15) is 27.7 Å². The van der Waals surface area contributed by atoms with Crippen LogP contribution >= 0.6 is 0 Å². The van der Waals surface area contributed by atoms with Gasteiger partial charge in [-0.3, -0.25) is 14.4 Å². The topological polar surface area (TPSA) is 105 Å². The molecule has 1 heterocycles. The van der Waals surface area contributed by atoms with Gasteiger partial charge in [-0.25, -0.2) is 8.78 Å². The fourth-order valence-electron chi connectivity index (χ4n) is 2.89. The average Bonchev–Trinajstić information content (AvgIpc) is 2.58. The summed E-state index contributed by atoms with van der Waals surface area (Å²) < 4.78 is 53.2.